The van der Waals surface area contributed by atoms with Gasteiger partial charge in [-0.25, -0.2) is 8.42 Å². The number of hydrogen-bond donors (Lipinski definition) is 1. The van der Waals surface area contributed by atoms with E-state index in [4.69, 9.17) is 0 Å². The lowest BCUT2D eigenvalue weighted by Crippen LogP contribution is -2.48. The zero-order valence-electron chi connectivity index (χ0n) is 20.0. The highest BCUT2D eigenvalue weighted by molar-refractivity contribution is 7.89. The van der Waals surface area contributed by atoms with Gasteiger partial charge in [0.15, 0.2) is 0 Å². The van der Waals surface area contributed by atoms with Crippen LogP contribution >= 0.6 is 0 Å². The number of benzene rings is 2. The molecule has 0 bridgehead atoms. The molecular weight excluding hydrogens is 448 g/mol. The number of sulfonamides is 1. The first-order valence-electron chi connectivity index (χ1n) is 12.3. The van der Waals surface area contributed by atoms with E-state index in [1.807, 2.05) is 6.07 Å². The lowest BCUT2D eigenvalue weighted by Gasteiger charge is -2.36. The zero-order chi connectivity index (χ0) is 24.0. The van der Waals surface area contributed by atoms with Gasteiger partial charge >= 0.3 is 0 Å². The molecule has 34 heavy (non-hydrogen) atoms. The molecule has 1 N–H and O–H groups in total. The second-order valence-corrected chi connectivity index (χ2v) is 11.3. The SMILES string of the molecule is CN(C1CCCCC1)S(=O)(=O)c1ccc(C(=O)NCCN2CCN(c3ccccc3)CC2)cc1. The standard InChI is InChI=1S/C26H36N4O3S/c1-28(23-8-4-2-5-9-23)34(32,33)25-14-12-22(13-15-25)26(31)27-16-17-29-18-20-30(21-19-29)24-10-6-3-7-11-24/h3,6-7,10-15,23H,2,4-5,8-9,16-21H2,1H3,(H,27,31). The van der Waals surface area contributed by atoms with E-state index < -0.39 is 10.0 Å². The number of para-hydroxylation sites is 1. The summed E-state index contributed by atoms with van der Waals surface area (Å²) in [6, 6.07) is 16.8. The number of piperazine rings is 1. The Bertz CT molecular complexity index is 1030. The van der Waals surface area contributed by atoms with E-state index in [1.165, 1.54) is 16.4 Å². The van der Waals surface area contributed by atoms with Crippen molar-refractivity contribution in [2.45, 2.75) is 43.0 Å². The van der Waals surface area contributed by atoms with Gasteiger partial charge in [-0.2, -0.15) is 4.31 Å². The highest BCUT2D eigenvalue weighted by Crippen LogP contribution is 2.26. The Morgan fingerprint density at radius 2 is 1.59 bits per heavy atom. The molecule has 4 rings (SSSR count). The topological polar surface area (TPSA) is 73.0 Å². The maximum atomic E-state index is 13.0. The van der Waals surface area contributed by atoms with Crippen LogP contribution in [0.5, 0.6) is 0 Å². The smallest absolute Gasteiger partial charge is 0.251 e. The zero-order valence-corrected chi connectivity index (χ0v) is 20.8. The summed E-state index contributed by atoms with van der Waals surface area (Å²) in [5.41, 5.74) is 1.74. The van der Waals surface area contributed by atoms with E-state index in [-0.39, 0.29) is 16.8 Å². The van der Waals surface area contributed by atoms with Crippen LogP contribution in [0.15, 0.2) is 59.5 Å². The van der Waals surface area contributed by atoms with E-state index in [2.05, 4.69) is 39.4 Å². The molecule has 2 fully saturated rings. The molecule has 7 nitrogen and oxygen atoms in total. The fourth-order valence-electron chi connectivity index (χ4n) is 4.88. The Balaban J connectivity index is 1.23. The fourth-order valence-corrected chi connectivity index (χ4v) is 6.30. The summed E-state index contributed by atoms with van der Waals surface area (Å²) < 4.78 is 27.5. The summed E-state index contributed by atoms with van der Waals surface area (Å²) >= 11 is 0. The van der Waals surface area contributed by atoms with Gasteiger partial charge in [-0.15, -0.1) is 0 Å². The van der Waals surface area contributed by atoms with Crippen molar-refractivity contribution in [2.24, 2.45) is 0 Å². The summed E-state index contributed by atoms with van der Waals surface area (Å²) in [5, 5.41) is 2.97. The second kappa shape index (κ2) is 11.3. The van der Waals surface area contributed by atoms with Gasteiger partial charge in [0.05, 0.1) is 4.90 Å². The highest BCUT2D eigenvalue weighted by Gasteiger charge is 2.29. The predicted octanol–water partition coefficient (Wildman–Crippen LogP) is 3.19. The minimum absolute atomic E-state index is 0.0660. The molecule has 0 aromatic heterocycles. The van der Waals surface area contributed by atoms with Gasteiger partial charge in [0.2, 0.25) is 10.0 Å². The molecule has 1 aliphatic carbocycles. The number of anilines is 1. The number of carbonyl (C=O) groups is 1. The van der Waals surface area contributed by atoms with Crippen LogP contribution in [0, 0.1) is 0 Å². The van der Waals surface area contributed by atoms with Crippen LogP contribution in [-0.4, -0.2) is 75.9 Å². The van der Waals surface area contributed by atoms with Crippen LogP contribution in [0.2, 0.25) is 0 Å². The molecule has 2 aromatic rings. The largest absolute Gasteiger partial charge is 0.369 e. The molecule has 0 radical (unpaired) electrons. The van der Waals surface area contributed by atoms with Crippen LogP contribution < -0.4 is 10.2 Å². The van der Waals surface area contributed by atoms with Crippen LogP contribution in [0.25, 0.3) is 0 Å². The Labute approximate surface area is 203 Å². The summed E-state index contributed by atoms with van der Waals surface area (Å²) in [6.07, 6.45) is 5.16. The first kappa shape index (κ1) is 24.7. The third kappa shape index (κ3) is 5.98. The molecule has 0 unspecified atom stereocenters. The van der Waals surface area contributed by atoms with Crippen molar-refractivity contribution in [3.63, 3.8) is 0 Å². The van der Waals surface area contributed by atoms with Crippen molar-refractivity contribution >= 4 is 21.6 Å². The third-order valence-electron chi connectivity index (χ3n) is 7.09. The maximum absolute atomic E-state index is 13.0. The lowest BCUT2D eigenvalue weighted by atomic mass is 9.96. The van der Waals surface area contributed by atoms with E-state index in [1.54, 1.807) is 31.3 Å². The molecule has 1 aliphatic heterocycles. The lowest BCUT2D eigenvalue weighted by molar-refractivity contribution is 0.0947. The van der Waals surface area contributed by atoms with Gasteiger partial charge < -0.3 is 10.2 Å². The molecule has 184 valence electrons. The predicted molar refractivity (Wildman–Crippen MR) is 136 cm³/mol. The van der Waals surface area contributed by atoms with E-state index in [9.17, 15) is 13.2 Å². The monoisotopic (exact) mass is 484 g/mol. The Hall–Kier alpha value is -2.42. The quantitative estimate of drug-likeness (QED) is 0.623. The normalized spacial score (nSPS) is 18.2. The minimum Gasteiger partial charge on any atom is -0.369 e. The van der Waals surface area contributed by atoms with Crippen molar-refractivity contribution in [3.8, 4) is 0 Å². The van der Waals surface area contributed by atoms with Gasteiger partial charge in [-0.1, -0.05) is 37.5 Å². The fraction of sp³-hybridized carbons (Fsp3) is 0.500. The van der Waals surface area contributed by atoms with Gasteiger partial charge in [0, 0.05) is 63.6 Å². The summed E-state index contributed by atoms with van der Waals surface area (Å²) in [5.74, 6) is -0.174. The van der Waals surface area contributed by atoms with E-state index in [0.29, 0.717) is 12.1 Å². The molecule has 1 heterocycles. The molecule has 2 aliphatic rings. The Kier molecular flexibility index (Phi) is 8.24. The van der Waals surface area contributed by atoms with Crippen molar-refractivity contribution in [3.05, 3.63) is 60.2 Å². The average molecular weight is 485 g/mol. The van der Waals surface area contributed by atoms with Crippen LogP contribution in [-0.2, 0) is 10.0 Å². The maximum Gasteiger partial charge on any atom is 0.251 e. The molecule has 2 aromatic carbocycles. The number of nitrogens with one attached hydrogen (secondary N) is 1. The molecular formula is C26H36N4O3S. The number of hydrogen-bond acceptors (Lipinski definition) is 5. The molecule has 1 saturated carbocycles. The molecule has 8 heteroatoms. The number of carbonyl (C=O) groups excluding carboxylic acids is 1. The minimum atomic E-state index is -3.55. The van der Waals surface area contributed by atoms with Crippen molar-refractivity contribution in [2.75, 3.05) is 51.2 Å². The van der Waals surface area contributed by atoms with Gasteiger partial charge in [0.25, 0.3) is 5.91 Å². The molecule has 1 saturated heterocycles. The molecule has 0 spiro atoms. The van der Waals surface area contributed by atoms with Gasteiger partial charge in [-0.3, -0.25) is 9.69 Å². The summed E-state index contributed by atoms with van der Waals surface area (Å²) in [6.45, 7) is 5.24. The van der Waals surface area contributed by atoms with Gasteiger partial charge in [-0.05, 0) is 49.2 Å². The Morgan fingerprint density at radius 1 is 0.941 bits per heavy atom. The van der Waals surface area contributed by atoms with E-state index in [0.717, 1.165) is 58.4 Å². The number of amides is 1. The van der Waals surface area contributed by atoms with Crippen LogP contribution in [0.1, 0.15) is 42.5 Å². The summed E-state index contributed by atoms with van der Waals surface area (Å²) in [7, 11) is -1.87. The average Bonchev–Trinajstić information content (AvgIpc) is 2.89. The van der Waals surface area contributed by atoms with Crippen molar-refractivity contribution in [1.82, 2.24) is 14.5 Å². The molecule has 0 atom stereocenters. The highest BCUT2D eigenvalue weighted by atomic mass is 32.2. The summed E-state index contributed by atoms with van der Waals surface area (Å²) in [4.78, 5) is 17.6. The first-order chi connectivity index (χ1) is 16.4. The molecule has 1 amide bonds. The van der Waals surface area contributed by atoms with Gasteiger partial charge in [0.1, 0.15) is 0 Å². The van der Waals surface area contributed by atoms with Crippen LogP contribution in [0.4, 0.5) is 5.69 Å². The van der Waals surface area contributed by atoms with Crippen molar-refractivity contribution in [1.29, 1.82) is 0 Å². The number of nitrogens with zero attached hydrogens (tertiary/aromatic N) is 3. The first-order valence-corrected chi connectivity index (χ1v) is 13.8. The number of rotatable bonds is 8. The Morgan fingerprint density at radius 3 is 2.24 bits per heavy atom. The third-order valence-corrected chi connectivity index (χ3v) is 9.01. The van der Waals surface area contributed by atoms with E-state index >= 15 is 0 Å². The second-order valence-electron chi connectivity index (χ2n) is 9.26. The van der Waals surface area contributed by atoms with Crippen molar-refractivity contribution < 1.29 is 13.2 Å². The van der Waals surface area contributed by atoms with Crippen LogP contribution in [0.3, 0.4) is 0 Å².